The molecule has 0 atom stereocenters. The monoisotopic (exact) mass is 200 g/mol. The lowest BCUT2D eigenvalue weighted by Gasteiger charge is -2.28. The number of ether oxygens (including phenoxy) is 1. The Bertz CT molecular complexity index is 156. The molecule has 1 aliphatic carbocycles. The van der Waals surface area contributed by atoms with Gasteiger partial charge in [0.1, 0.15) is 0 Å². The highest BCUT2D eigenvalue weighted by Crippen LogP contribution is 2.17. The predicted molar refractivity (Wildman–Crippen MR) is 54.0 cm³/mol. The van der Waals surface area contributed by atoms with Crippen LogP contribution in [-0.2, 0) is 9.57 Å². The Morgan fingerprint density at radius 1 is 1.29 bits per heavy atom. The van der Waals surface area contributed by atoms with E-state index in [0.717, 1.165) is 39.5 Å². The van der Waals surface area contributed by atoms with E-state index in [1.165, 1.54) is 19.3 Å². The fourth-order valence-corrected chi connectivity index (χ4v) is 1.70. The van der Waals surface area contributed by atoms with Gasteiger partial charge in [-0.1, -0.05) is 6.42 Å². The van der Waals surface area contributed by atoms with Crippen molar-refractivity contribution in [2.75, 3.05) is 39.5 Å². The second-order valence-electron chi connectivity index (χ2n) is 4.05. The summed E-state index contributed by atoms with van der Waals surface area (Å²) in [5.41, 5.74) is 3.10. The molecular weight excluding hydrogens is 180 g/mol. The molecule has 0 amide bonds. The normalized spacial score (nSPS) is 24.9. The van der Waals surface area contributed by atoms with Gasteiger partial charge < -0.3 is 9.57 Å². The molecule has 0 unspecified atom stereocenters. The van der Waals surface area contributed by atoms with Crippen LogP contribution in [0.3, 0.4) is 0 Å². The molecule has 0 spiro atoms. The molecule has 0 aromatic rings. The molecule has 14 heavy (non-hydrogen) atoms. The first-order chi connectivity index (χ1) is 6.95. The van der Waals surface area contributed by atoms with Crippen LogP contribution in [-0.4, -0.2) is 50.4 Å². The number of rotatable bonds is 5. The zero-order valence-corrected chi connectivity index (χ0v) is 8.71. The van der Waals surface area contributed by atoms with Gasteiger partial charge in [-0.05, 0) is 12.8 Å². The van der Waals surface area contributed by atoms with E-state index in [2.05, 4.69) is 10.4 Å². The van der Waals surface area contributed by atoms with Crippen molar-refractivity contribution >= 4 is 0 Å². The largest absolute Gasteiger partial charge is 0.379 e. The summed E-state index contributed by atoms with van der Waals surface area (Å²) in [6, 6.07) is 0.625. The fraction of sp³-hybridized carbons (Fsp3) is 1.00. The zero-order valence-electron chi connectivity index (χ0n) is 8.71. The molecule has 2 fully saturated rings. The Morgan fingerprint density at radius 2 is 2.07 bits per heavy atom. The first-order valence-electron chi connectivity index (χ1n) is 5.62. The van der Waals surface area contributed by atoms with Gasteiger partial charge in [0.05, 0.1) is 19.8 Å². The van der Waals surface area contributed by atoms with Crippen LogP contribution in [0.4, 0.5) is 0 Å². The summed E-state index contributed by atoms with van der Waals surface area (Å²) in [4.78, 5) is 7.79. The third-order valence-corrected chi connectivity index (χ3v) is 2.97. The molecule has 1 aliphatic heterocycles. The quantitative estimate of drug-likeness (QED) is 0.514. The van der Waals surface area contributed by atoms with Crippen LogP contribution < -0.4 is 5.48 Å². The fourth-order valence-electron chi connectivity index (χ4n) is 1.70. The van der Waals surface area contributed by atoms with Gasteiger partial charge in [0.15, 0.2) is 0 Å². The third-order valence-electron chi connectivity index (χ3n) is 2.97. The highest BCUT2D eigenvalue weighted by atomic mass is 16.6. The van der Waals surface area contributed by atoms with Crippen molar-refractivity contribution in [3.8, 4) is 0 Å². The molecule has 82 valence electrons. The van der Waals surface area contributed by atoms with Gasteiger partial charge in [-0.2, -0.15) is 5.48 Å². The first kappa shape index (κ1) is 10.4. The minimum absolute atomic E-state index is 0.625. The van der Waals surface area contributed by atoms with Crippen molar-refractivity contribution in [3.05, 3.63) is 0 Å². The maximum atomic E-state index is 5.41. The number of hydrogen-bond donors (Lipinski definition) is 1. The van der Waals surface area contributed by atoms with Crippen molar-refractivity contribution in [1.82, 2.24) is 10.4 Å². The van der Waals surface area contributed by atoms with Gasteiger partial charge in [-0.15, -0.1) is 0 Å². The van der Waals surface area contributed by atoms with Gasteiger partial charge in [0.25, 0.3) is 0 Å². The Labute approximate surface area is 85.5 Å². The zero-order chi connectivity index (χ0) is 9.64. The van der Waals surface area contributed by atoms with Gasteiger partial charge >= 0.3 is 0 Å². The lowest BCUT2D eigenvalue weighted by Crippen LogP contribution is -2.41. The van der Waals surface area contributed by atoms with Crippen LogP contribution in [0.15, 0.2) is 0 Å². The minimum atomic E-state index is 0.625. The van der Waals surface area contributed by atoms with Gasteiger partial charge in [-0.25, -0.2) is 0 Å². The molecule has 4 heteroatoms. The maximum absolute atomic E-state index is 5.41. The SMILES string of the molecule is C1CC(NOCCN2CCOCC2)C1. The molecule has 1 heterocycles. The first-order valence-corrected chi connectivity index (χ1v) is 5.62. The van der Waals surface area contributed by atoms with Gasteiger partial charge in [-0.3, -0.25) is 4.90 Å². The smallest absolute Gasteiger partial charge is 0.0809 e. The lowest BCUT2D eigenvalue weighted by atomic mass is 9.94. The van der Waals surface area contributed by atoms with Crippen molar-refractivity contribution in [2.24, 2.45) is 0 Å². The lowest BCUT2D eigenvalue weighted by molar-refractivity contribution is -0.0277. The molecule has 1 saturated carbocycles. The third kappa shape index (κ3) is 3.20. The molecule has 0 bridgehead atoms. The van der Waals surface area contributed by atoms with Crippen molar-refractivity contribution in [3.63, 3.8) is 0 Å². The molecule has 0 aromatic heterocycles. The molecule has 0 radical (unpaired) electrons. The van der Waals surface area contributed by atoms with Crippen LogP contribution in [0.5, 0.6) is 0 Å². The predicted octanol–water partition coefficient (Wildman–Crippen LogP) is 0.392. The second kappa shape index (κ2) is 5.66. The van der Waals surface area contributed by atoms with E-state index >= 15 is 0 Å². The average molecular weight is 200 g/mol. The van der Waals surface area contributed by atoms with Crippen molar-refractivity contribution < 1.29 is 9.57 Å². The minimum Gasteiger partial charge on any atom is -0.379 e. The number of nitrogens with one attached hydrogen (secondary N) is 1. The van der Waals surface area contributed by atoms with Gasteiger partial charge in [0, 0.05) is 25.7 Å². The van der Waals surface area contributed by atoms with E-state index in [-0.39, 0.29) is 0 Å². The molecule has 2 rings (SSSR count). The van der Waals surface area contributed by atoms with Crippen molar-refractivity contribution in [2.45, 2.75) is 25.3 Å². The van der Waals surface area contributed by atoms with Crippen molar-refractivity contribution in [1.29, 1.82) is 0 Å². The average Bonchev–Trinajstić information content (AvgIpc) is 2.16. The van der Waals surface area contributed by atoms with Gasteiger partial charge in [0.2, 0.25) is 0 Å². The molecule has 4 nitrogen and oxygen atoms in total. The van der Waals surface area contributed by atoms with Crippen LogP contribution in [0.2, 0.25) is 0 Å². The maximum Gasteiger partial charge on any atom is 0.0809 e. The summed E-state index contributed by atoms with van der Waals surface area (Å²) in [5, 5.41) is 0. The summed E-state index contributed by atoms with van der Waals surface area (Å²) in [5.74, 6) is 0. The summed E-state index contributed by atoms with van der Waals surface area (Å²) >= 11 is 0. The van der Waals surface area contributed by atoms with Crippen LogP contribution in [0.25, 0.3) is 0 Å². The van der Waals surface area contributed by atoms with E-state index in [1.807, 2.05) is 0 Å². The Hall–Kier alpha value is -0.160. The van der Waals surface area contributed by atoms with Crippen LogP contribution in [0.1, 0.15) is 19.3 Å². The number of nitrogens with zero attached hydrogens (tertiary/aromatic N) is 1. The summed E-state index contributed by atoms with van der Waals surface area (Å²) in [7, 11) is 0. The van der Waals surface area contributed by atoms with E-state index in [0.29, 0.717) is 6.04 Å². The topological polar surface area (TPSA) is 33.7 Å². The Balaban J connectivity index is 1.45. The highest BCUT2D eigenvalue weighted by molar-refractivity contribution is 4.72. The number of hydrogen-bond acceptors (Lipinski definition) is 4. The molecule has 1 saturated heterocycles. The van der Waals surface area contributed by atoms with E-state index < -0.39 is 0 Å². The standard InChI is InChI=1S/C10H20N2O2/c1-2-10(3-1)11-14-9-6-12-4-7-13-8-5-12/h10-11H,1-9H2. The van der Waals surface area contributed by atoms with E-state index in [9.17, 15) is 0 Å². The van der Waals surface area contributed by atoms with E-state index in [1.54, 1.807) is 0 Å². The van der Waals surface area contributed by atoms with Crippen LogP contribution in [0, 0.1) is 0 Å². The molecular formula is C10H20N2O2. The van der Waals surface area contributed by atoms with Crippen LogP contribution >= 0.6 is 0 Å². The second-order valence-corrected chi connectivity index (χ2v) is 4.05. The molecule has 0 aromatic carbocycles. The summed E-state index contributed by atoms with van der Waals surface area (Å²) in [6.45, 7) is 5.64. The highest BCUT2D eigenvalue weighted by Gasteiger charge is 2.17. The summed E-state index contributed by atoms with van der Waals surface area (Å²) in [6.07, 6.45) is 3.90. The number of hydroxylamine groups is 1. The van der Waals surface area contributed by atoms with E-state index in [4.69, 9.17) is 9.57 Å². The molecule has 2 aliphatic rings. The Kier molecular flexibility index (Phi) is 4.19. The summed E-state index contributed by atoms with van der Waals surface area (Å²) < 4.78 is 5.27. The molecule has 1 N–H and O–H groups in total. The number of morpholine rings is 1. The Morgan fingerprint density at radius 3 is 2.71 bits per heavy atom.